The Balaban J connectivity index is 2.21. The van der Waals surface area contributed by atoms with Gasteiger partial charge in [-0.3, -0.25) is 4.79 Å². The van der Waals surface area contributed by atoms with Crippen LogP contribution in [0.3, 0.4) is 0 Å². The molecule has 1 aromatic carbocycles. The summed E-state index contributed by atoms with van der Waals surface area (Å²) in [5, 5.41) is 9.49. The highest BCUT2D eigenvalue weighted by molar-refractivity contribution is 6.31. The number of fused-ring (bicyclic) bond motifs is 1. The monoisotopic (exact) mass is 508 g/mol. The van der Waals surface area contributed by atoms with Gasteiger partial charge in [0.15, 0.2) is 0 Å². The highest BCUT2D eigenvalue weighted by atomic mass is 35.5. The quantitative estimate of drug-likeness (QED) is 0.297. The average molecular weight is 509 g/mol. The van der Waals surface area contributed by atoms with E-state index in [1.165, 1.54) is 19.1 Å². The lowest BCUT2D eigenvalue weighted by atomic mass is 9.85. The fourth-order valence-electron chi connectivity index (χ4n) is 3.19. The summed E-state index contributed by atoms with van der Waals surface area (Å²) >= 11 is 6.30. The number of ether oxygens (including phenoxy) is 2. The molecule has 13 heteroatoms. The van der Waals surface area contributed by atoms with E-state index in [2.05, 4.69) is 4.84 Å². The number of amides is 1. The van der Waals surface area contributed by atoms with Crippen LogP contribution in [0.2, 0.25) is 5.02 Å². The Kier molecular flexibility index (Phi) is 8.40. The molecule has 9 nitrogen and oxygen atoms in total. The summed E-state index contributed by atoms with van der Waals surface area (Å²) in [5.74, 6) is -1.84. The molecule has 1 aromatic rings. The van der Waals surface area contributed by atoms with Crippen LogP contribution in [0.1, 0.15) is 38.8 Å². The number of esters is 1. The molecule has 0 aromatic heterocycles. The predicted molar refractivity (Wildman–Crippen MR) is 115 cm³/mol. The van der Waals surface area contributed by atoms with Crippen molar-refractivity contribution in [3.8, 4) is 5.75 Å². The molecular weight excluding hydrogens is 485 g/mol. The third kappa shape index (κ3) is 6.99. The van der Waals surface area contributed by atoms with Crippen LogP contribution in [0.25, 0.3) is 6.08 Å². The van der Waals surface area contributed by atoms with Gasteiger partial charge >= 0.3 is 12.1 Å². The molecule has 0 unspecified atom stereocenters. The highest BCUT2D eigenvalue weighted by Crippen LogP contribution is 2.42. The third-order valence-corrected chi connectivity index (χ3v) is 5.19. The molecule has 0 aliphatic carbocycles. The molecule has 0 saturated heterocycles. The van der Waals surface area contributed by atoms with Crippen LogP contribution in [-0.4, -0.2) is 60.4 Å². The smallest absolute Gasteiger partial charge is 0.430 e. The first-order valence-electron chi connectivity index (χ1n) is 10.1. The Morgan fingerprint density at radius 3 is 2.35 bits per heavy atom. The maximum atomic E-state index is 13.7. The van der Waals surface area contributed by atoms with Crippen molar-refractivity contribution in [1.29, 1.82) is 0 Å². The van der Waals surface area contributed by atoms with E-state index in [-0.39, 0.29) is 24.4 Å². The van der Waals surface area contributed by atoms with Crippen LogP contribution in [-0.2, 0) is 24.6 Å². The van der Waals surface area contributed by atoms with Gasteiger partial charge in [0.25, 0.3) is 5.09 Å². The normalized spacial score (nSPS) is 15.5. The van der Waals surface area contributed by atoms with Crippen molar-refractivity contribution < 1.29 is 42.2 Å². The lowest BCUT2D eigenvalue weighted by molar-refractivity contribution is -0.757. The maximum absolute atomic E-state index is 13.7. The third-order valence-electron chi connectivity index (χ3n) is 4.88. The van der Waals surface area contributed by atoms with Crippen molar-refractivity contribution in [1.82, 2.24) is 4.90 Å². The van der Waals surface area contributed by atoms with Crippen molar-refractivity contribution >= 4 is 29.6 Å². The number of halogens is 4. The van der Waals surface area contributed by atoms with Crippen LogP contribution >= 0.6 is 11.6 Å². The first kappa shape index (κ1) is 27.2. The number of carbonyl (C=O) groups is 2. The molecule has 0 spiro atoms. The van der Waals surface area contributed by atoms with Crippen LogP contribution in [0.4, 0.5) is 13.2 Å². The van der Waals surface area contributed by atoms with Crippen molar-refractivity contribution in [3.05, 3.63) is 44.0 Å². The Morgan fingerprint density at radius 2 is 1.82 bits per heavy atom. The van der Waals surface area contributed by atoms with E-state index in [1.807, 2.05) is 20.8 Å². The molecule has 0 radical (unpaired) electrons. The summed E-state index contributed by atoms with van der Waals surface area (Å²) in [5.41, 5.74) is -0.462. The molecule has 0 bridgehead atoms. The first-order valence-corrected chi connectivity index (χ1v) is 10.5. The number of carbonyl (C=O) groups excluding carboxylic acids is 2. The van der Waals surface area contributed by atoms with Gasteiger partial charge < -0.3 is 19.2 Å². The van der Waals surface area contributed by atoms with E-state index in [4.69, 9.17) is 21.1 Å². The van der Waals surface area contributed by atoms with E-state index in [0.29, 0.717) is 10.6 Å². The van der Waals surface area contributed by atoms with E-state index >= 15 is 0 Å². The number of alkyl halides is 3. The Labute approximate surface area is 198 Å². The number of hydrogen-bond donors (Lipinski definition) is 0. The zero-order chi connectivity index (χ0) is 25.8. The summed E-state index contributed by atoms with van der Waals surface area (Å²) in [6.07, 6.45) is -6.44. The van der Waals surface area contributed by atoms with Gasteiger partial charge in [-0.2, -0.15) is 13.2 Å². The minimum atomic E-state index is -4.91. The standard InChI is InChI=1S/C21H24ClF3N2O7/c1-12(28)26(6-8-33-27(30)31)5-7-32-19(29)14-9-13-10-16(22)15(20(2,3)4)11-17(13)34-18(14)21(23,24)25/h9-11,18H,5-8H2,1-4H3/t18-/m0/s1. The van der Waals surface area contributed by atoms with Crippen molar-refractivity contribution in [2.75, 3.05) is 26.3 Å². The maximum Gasteiger partial charge on any atom is 0.430 e. The van der Waals surface area contributed by atoms with E-state index in [1.54, 1.807) is 0 Å². The van der Waals surface area contributed by atoms with Gasteiger partial charge in [-0.25, -0.2) is 4.79 Å². The second kappa shape index (κ2) is 10.5. The minimum Gasteiger partial charge on any atom is -0.475 e. The molecule has 2 rings (SSSR count). The van der Waals surface area contributed by atoms with Crippen molar-refractivity contribution in [2.45, 2.75) is 45.4 Å². The Bertz CT molecular complexity index is 990. The molecule has 1 aliphatic heterocycles. The molecular formula is C21H24ClF3N2O7. The first-order chi connectivity index (χ1) is 15.6. The van der Waals surface area contributed by atoms with E-state index in [0.717, 1.165) is 11.0 Å². The molecule has 1 atom stereocenters. The molecule has 0 N–H and O–H groups in total. The van der Waals surface area contributed by atoms with Crippen molar-refractivity contribution in [3.63, 3.8) is 0 Å². The second-order valence-electron chi connectivity index (χ2n) is 8.46. The average Bonchev–Trinajstić information content (AvgIpc) is 2.69. The molecule has 34 heavy (non-hydrogen) atoms. The lowest BCUT2D eigenvalue weighted by Crippen LogP contribution is -2.41. The van der Waals surface area contributed by atoms with Crippen LogP contribution in [0.15, 0.2) is 17.7 Å². The second-order valence-corrected chi connectivity index (χ2v) is 8.87. The van der Waals surface area contributed by atoms with Crippen LogP contribution < -0.4 is 4.74 Å². The summed E-state index contributed by atoms with van der Waals surface area (Å²) in [6.45, 7) is 5.47. The summed E-state index contributed by atoms with van der Waals surface area (Å²) < 4.78 is 51.2. The van der Waals surface area contributed by atoms with Gasteiger partial charge in [-0.1, -0.05) is 32.4 Å². The van der Waals surface area contributed by atoms with Gasteiger partial charge in [-0.15, -0.1) is 10.1 Å². The minimum absolute atomic E-state index is 0.0678. The summed E-state index contributed by atoms with van der Waals surface area (Å²) in [6, 6.07) is 2.84. The summed E-state index contributed by atoms with van der Waals surface area (Å²) in [4.78, 5) is 39.6. The molecule has 188 valence electrons. The number of hydrogen-bond acceptors (Lipinski definition) is 7. The summed E-state index contributed by atoms with van der Waals surface area (Å²) in [7, 11) is 0. The van der Waals surface area contributed by atoms with Gasteiger partial charge in [0.05, 0.1) is 12.1 Å². The topological polar surface area (TPSA) is 108 Å². The Hall–Kier alpha value is -3.02. The van der Waals surface area contributed by atoms with Gasteiger partial charge in [-0.05, 0) is 29.2 Å². The van der Waals surface area contributed by atoms with E-state index < -0.39 is 53.4 Å². The lowest BCUT2D eigenvalue weighted by Gasteiger charge is -2.30. The van der Waals surface area contributed by atoms with Gasteiger partial charge in [0, 0.05) is 24.1 Å². The molecule has 1 amide bonds. The predicted octanol–water partition coefficient (Wildman–Crippen LogP) is 3.94. The number of nitrogens with zero attached hydrogens (tertiary/aromatic N) is 2. The number of benzene rings is 1. The molecule has 0 fully saturated rings. The Morgan fingerprint density at radius 1 is 1.21 bits per heavy atom. The largest absolute Gasteiger partial charge is 0.475 e. The van der Waals surface area contributed by atoms with Gasteiger partial charge in [0.1, 0.15) is 19.0 Å². The zero-order valence-electron chi connectivity index (χ0n) is 18.9. The molecule has 0 saturated carbocycles. The fourth-order valence-corrected chi connectivity index (χ4v) is 3.64. The fraction of sp³-hybridized carbons (Fsp3) is 0.524. The highest BCUT2D eigenvalue weighted by Gasteiger charge is 2.49. The number of rotatable bonds is 8. The van der Waals surface area contributed by atoms with Crippen molar-refractivity contribution in [2.24, 2.45) is 0 Å². The molecule has 1 aliphatic rings. The van der Waals surface area contributed by atoms with E-state index in [9.17, 15) is 32.9 Å². The zero-order valence-corrected chi connectivity index (χ0v) is 19.7. The van der Waals surface area contributed by atoms with Gasteiger partial charge in [0.2, 0.25) is 12.0 Å². The SMILES string of the molecule is CC(=O)N(CCOC(=O)C1=Cc2cc(Cl)c(C(C)(C)C)cc2O[C@@H]1C(F)(F)F)CCO[N+](=O)[O-]. The van der Waals surface area contributed by atoms with Crippen LogP contribution in [0, 0.1) is 10.1 Å². The van der Waals surface area contributed by atoms with Crippen LogP contribution in [0.5, 0.6) is 5.75 Å². The molecule has 1 heterocycles.